The Labute approximate surface area is 111 Å². The lowest BCUT2D eigenvalue weighted by molar-refractivity contribution is -0.157. The fourth-order valence-corrected chi connectivity index (χ4v) is 1.66. The number of carboxylic acid groups (broad SMARTS) is 1. The van der Waals surface area contributed by atoms with Crippen LogP contribution in [0.25, 0.3) is 0 Å². The van der Waals surface area contributed by atoms with Crippen LogP contribution in [-0.2, 0) is 11.8 Å². The fraction of sp³-hybridized carbons (Fsp3) is 0.400. The van der Waals surface area contributed by atoms with E-state index >= 15 is 0 Å². The van der Waals surface area contributed by atoms with E-state index in [0.29, 0.717) is 0 Å². The number of halogens is 4. The highest BCUT2D eigenvalue weighted by Gasteiger charge is 2.36. The number of aromatic nitrogens is 1. The molecule has 1 atom stereocenters. The Balaban J connectivity index is 2.83. The number of carbonyl (C=O) groups is 2. The van der Waals surface area contributed by atoms with Gasteiger partial charge in [-0.2, -0.15) is 13.2 Å². The summed E-state index contributed by atoms with van der Waals surface area (Å²) >= 11 is 5.62. The maximum absolute atomic E-state index is 12.2. The summed E-state index contributed by atoms with van der Waals surface area (Å²) < 4.78 is 37.8. The molecule has 1 aromatic rings. The van der Waals surface area contributed by atoms with Crippen molar-refractivity contribution in [3.63, 3.8) is 0 Å². The zero-order chi connectivity index (χ0) is 14.8. The Morgan fingerprint density at radius 1 is 1.53 bits per heavy atom. The number of alkyl halides is 3. The first kappa shape index (κ1) is 15.4. The maximum atomic E-state index is 12.2. The van der Waals surface area contributed by atoms with Gasteiger partial charge < -0.3 is 15.0 Å². The number of carboxylic acids is 1. The molecule has 1 unspecified atom stereocenters. The number of amides is 1. The highest BCUT2D eigenvalue weighted by atomic mass is 35.5. The van der Waals surface area contributed by atoms with Crippen molar-refractivity contribution in [3.05, 3.63) is 23.0 Å². The summed E-state index contributed by atoms with van der Waals surface area (Å²) in [5.74, 6) is -2.70. The second-order valence-corrected chi connectivity index (χ2v) is 4.27. The van der Waals surface area contributed by atoms with Gasteiger partial charge in [-0.15, -0.1) is 0 Å². The predicted octanol–water partition coefficient (Wildman–Crippen LogP) is 1.81. The maximum Gasteiger partial charge on any atom is 0.391 e. The third-order valence-electron chi connectivity index (χ3n) is 2.24. The molecule has 19 heavy (non-hydrogen) atoms. The molecule has 1 amide bonds. The molecule has 0 saturated carbocycles. The lowest BCUT2D eigenvalue weighted by Crippen LogP contribution is -2.44. The van der Waals surface area contributed by atoms with Gasteiger partial charge in [0.1, 0.15) is 11.7 Å². The molecule has 0 radical (unpaired) electrons. The van der Waals surface area contributed by atoms with Crippen LogP contribution in [0.5, 0.6) is 0 Å². The van der Waals surface area contributed by atoms with Crippen LogP contribution in [0, 0.1) is 0 Å². The van der Waals surface area contributed by atoms with Gasteiger partial charge >= 0.3 is 12.1 Å². The van der Waals surface area contributed by atoms with E-state index in [0.717, 1.165) is 0 Å². The minimum Gasteiger partial charge on any atom is -0.480 e. The van der Waals surface area contributed by atoms with Gasteiger partial charge in [0.05, 0.1) is 11.4 Å². The monoisotopic (exact) mass is 298 g/mol. The molecular formula is C10H10ClF3N2O3. The number of nitrogens with zero attached hydrogens (tertiary/aromatic N) is 1. The highest BCUT2D eigenvalue weighted by Crippen LogP contribution is 2.22. The van der Waals surface area contributed by atoms with Gasteiger partial charge in [0.2, 0.25) is 0 Å². The van der Waals surface area contributed by atoms with Crippen LogP contribution in [0.4, 0.5) is 13.2 Å². The molecule has 0 fully saturated rings. The quantitative estimate of drug-likeness (QED) is 0.890. The molecule has 0 aromatic carbocycles. The molecule has 0 saturated heterocycles. The summed E-state index contributed by atoms with van der Waals surface area (Å²) in [4.78, 5) is 22.3. The summed E-state index contributed by atoms with van der Waals surface area (Å²) in [5, 5.41) is 10.7. The standard InChI is InChI=1S/C10H10ClF3N2O3/c1-16-4-5(11)2-7(16)8(17)15-6(9(18)19)3-10(12,13)14/h2,4,6H,3H2,1H3,(H,15,17)(H,18,19). The molecule has 5 nitrogen and oxygen atoms in total. The smallest absolute Gasteiger partial charge is 0.391 e. The van der Waals surface area contributed by atoms with Gasteiger partial charge in [0.15, 0.2) is 0 Å². The number of aryl methyl sites for hydroxylation is 1. The van der Waals surface area contributed by atoms with Crippen molar-refractivity contribution >= 4 is 23.5 Å². The summed E-state index contributed by atoms with van der Waals surface area (Å²) in [6.07, 6.45) is -4.97. The number of hydrogen-bond acceptors (Lipinski definition) is 2. The SMILES string of the molecule is Cn1cc(Cl)cc1C(=O)NC(CC(F)(F)F)C(=O)O. The average molecular weight is 299 g/mol. The Bertz CT molecular complexity index is 499. The Morgan fingerprint density at radius 2 is 2.11 bits per heavy atom. The molecule has 0 bridgehead atoms. The third kappa shape index (κ3) is 4.47. The van der Waals surface area contributed by atoms with E-state index < -0.39 is 30.5 Å². The molecule has 0 aliphatic heterocycles. The van der Waals surface area contributed by atoms with Crippen molar-refractivity contribution in [2.24, 2.45) is 7.05 Å². The summed E-state index contributed by atoms with van der Waals surface area (Å²) in [5.41, 5.74) is -0.0292. The minimum absolute atomic E-state index is 0.0292. The Hall–Kier alpha value is -1.70. The van der Waals surface area contributed by atoms with Crippen LogP contribution in [0.2, 0.25) is 5.02 Å². The zero-order valence-electron chi connectivity index (χ0n) is 9.66. The van der Waals surface area contributed by atoms with Crippen molar-refractivity contribution in [3.8, 4) is 0 Å². The van der Waals surface area contributed by atoms with Gasteiger partial charge in [-0.1, -0.05) is 11.6 Å². The molecule has 1 rings (SSSR count). The van der Waals surface area contributed by atoms with Gasteiger partial charge in [0.25, 0.3) is 5.91 Å². The van der Waals surface area contributed by atoms with Gasteiger partial charge in [-0.05, 0) is 6.07 Å². The van der Waals surface area contributed by atoms with Crippen LogP contribution in [0.3, 0.4) is 0 Å². The van der Waals surface area contributed by atoms with E-state index in [2.05, 4.69) is 0 Å². The second kappa shape index (κ2) is 5.52. The van der Waals surface area contributed by atoms with Crippen molar-refractivity contribution in [2.45, 2.75) is 18.6 Å². The second-order valence-electron chi connectivity index (χ2n) is 3.84. The molecule has 0 spiro atoms. The normalized spacial score (nSPS) is 13.1. The first-order valence-electron chi connectivity index (χ1n) is 5.02. The zero-order valence-corrected chi connectivity index (χ0v) is 10.4. The van der Waals surface area contributed by atoms with Gasteiger partial charge in [-0.3, -0.25) is 4.79 Å². The van der Waals surface area contributed by atoms with Crippen LogP contribution in [-0.4, -0.2) is 33.8 Å². The molecular weight excluding hydrogens is 289 g/mol. The van der Waals surface area contributed by atoms with Crippen molar-refractivity contribution < 1.29 is 27.9 Å². The molecule has 0 aliphatic carbocycles. The summed E-state index contributed by atoms with van der Waals surface area (Å²) in [7, 11) is 1.46. The van der Waals surface area contributed by atoms with E-state index in [1.54, 1.807) is 5.32 Å². The highest BCUT2D eigenvalue weighted by molar-refractivity contribution is 6.31. The Morgan fingerprint density at radius 3 is 2.47 bits per heavy atom. The number of carbonyl (C=O) groups excluding carboxylic acids is 1. The van der Waals surface area contributed by atoms with Crippen molar-refractivity contribution in [1.82, 2.24) is 9.88 Å². The number of hydrogen-bond donors (Lipinski definition) is 2. The largest absolute Gasteiger partial charge is 0.480 e. The minimum atomic E-state index is -4.69. The Kier molecular flexibility index (Phi) is 4.46. The summed E-state index contributed by atoms with van der Waals surface area (Å²) in [6.45, 7) is 0. The van der Waals surface area contributed by atoms with E-state index in [4.69, 9.17) is 16.7 Å². The number of nitrogens with one attached hydrogen (secondary N) is 1. The number of rotatable bonds is 4. The third-order valence-corrected chi connectivity index (χ3v) is 2.45. The van der Waals surface area contributed by atoms with E-state index in [1.165, 1.54) is 23.9 Å². The summed E-state index contributed by atoms with van der Waals surface area (Å²) in [6, 6.07) is -0.815. The van der Waals surface area contributed by atoms with Gasteiger partial charge in [0, 0.05) is 13.2 Å². The van der Waals surface area contributed by atoms with Gasteiger partial charge in [-0.25, -0.2) is 4.79 Å². The molecule has 9 heteroatoms. The lowest BCUT2D eigenvalue weighted by atomic mass is 10.2. The molecule has 2 N–H and O–H groups in total. The van der Waals surface area contributed by atoms with E-state index in [-0.39, 0.29) is 10.7 Å². The van der Waals surface area contributed by atoms with Crippen LogP contribution < -0.4 is 5.32 Å². The average Bonchev–Trinajstić information content (AvgIpc) is 2.54. The number of aliphatic carboxylic acids is 1. The van der Waals surface area contributed by atoms with E-state index in [9.17, 15) is 22.8 Å². The molecule has 106 valence electrons. The first-order chi connectivity index (χ1) is 8.60. The topological polar surface area (TPSA) is 71.3 Å². The van der Waals surface area contributed by atoms with Crippen molar-refractivity contribution in [1.29, 1.82) is 0 Å². The fourth-order valence-electron chi connectivity index (χ4n) is 1.41. The van der Waals surface area contributed by atoms with Crippen LogP contribution in [0.15, 0.2) is 12.3 Å². The molecule has 0 aliphatic rings. The lowest BCUT2D eigenvalue weighted by Gasteiger charge is -2.16. The molecule has 1 aromatic heterocycles. The van der Waals surface area contributed by atoms with Crippen LogP contribution >= 0.6 is 11.6 Å². The van der Waals surface area contributed by atoms with Crippen LogP contribution in [0.1, 0.15) is 16.9 Å². The van der Waals surface area contributed by atoms with Crippen molar-refractivity contribution in [2.75, 3.05) is 0 Å². The predicted molar refractivity (Wildman–Crippen MR) is 60.0 cm³/mol. The van der Waals surface area contributed by atoms with E-state index in [1.807, 2.05) is 0 Å². The molecule has 1 heterocycles. The first-order valence-corrected chi connectivity index (χ1v) is 5.40.